The maximum Gasteiger partial charge on any atom is 0.433 e. The van der Waals surface area contributed by atoms with Gasteiger partial charge in [0.1, 0.15) is 17.9 Å². The number of halogens is 3. The highest BCUT2D eigenvalue weighted by Crippen LogP contribution is 2.32. The second-order valence-electron chi connectivity index (χ2n) is 9.54. The number of nitriles is 1. The minimum atomic E-state index is -4.62. The molecule has 0 unspecified atom stereocenters. The molecule has 2 aromatic rings. The Kier molecular flexibility index (Phi) is 7.69. The number of benzene rings is 1. The van der Waals surface area contributed by atoms with Crippen LogP contribution in [0.3, 0.4) is 0 Å². The van der Waals surface area contributed by atoms with Crippen LogP contribution in [0.2, 0.25) is 0 Å². The molecular weight excluding hydrogens is 471 g/mol. The number of pyridine rings is 1. The molecular formula is C26H30F3N5O2. The molecule has 0 saturated carbocycles. The fourth-order valence-electron chi connectivity index (χ4n) is 4.88. The van der Waals surface area contributed by atoms with Crippen molar-refractivity contribution in [2.45, 2.75) is 57.6 Å². The number of rotatable bonds is 4. The van der Waals surface area contributed by atoms with Gasteiger partial charge in [-0.2, -0.15) is 18.4 Å². The van der Waals surface area contributed by atoms with Gasteiger partial charge in [0.25, 0.3) is 0 Å². The number of hydrogen-bond acceptors (Lipinski definition) is 6. The molecule has 4 rings (SSSR count). The van der Waals surface area contributed by atoms with Crippen molar-refractivity contribution < 1.29 is 22.7 Å². The van der Waals surface area contributed by atoms with Gasteiger partial charge in [0.15, 0.2) is 0 Å². The SMILES string of the molecule is C[C@@H]1CN(c2cnc(C(F)(F)F)cc2C#N)[C@H](C)CN1C(=O)OC1CCN(Cc2ccccc2)CC1. The van der Waals surface area contributed by atoms with Gasteiger partial charge in [0.2, 0.25) is 0 Å². The zero-order valence-corrected chi connectivity index (χ0v) is 20.4. The first-order valence-electron chi connectivity index (χ1n) is 12.1. The van der Waals surface area contributed by atoms with E-state index in [-0.39, 0.29) is 29.8 Å². The summed E-state index contributed by atoms with van der Waals surface area (Å²) in [5.41, 5.74) is 0.412. The fraction of sp³-hybridized carbons (Fsp3) is 0.500. The lowest BCUT2D eigenvalue weighted by molar-refractivity contribution is -0.141. The molecule has 1 aromatic carbocycles. The third-order valence-corrected chi connectivity index (χ3v) is 6.87. The number of amides is 1. The van der Waals surface area contributed by atoms with Crippen LogP contribution in [0.1, 0.15) is 43.5 Å². The molecule has 0 bridgehead atoms. The van der Waals surface area contributed by atoms with Crippen molar-refractivity contribution in [3.8, 4) is 6.07 Å². The molecule has 3 heterocycles. The minimum Gasteiger partial charge on any atom is -0.446 e. The molecule has 2 atom stereocenters. The molecule has 192 valence electrons. The van der Waals surface area contributed by atoms with Crippen LogP contribution in [-0.4, -0.2) is 65.2 Å². The number of anilines is 1. The first-order valence-corrected chi connectivity index (χ1v) is 12.1. The van der Waals surface area contributed by atoms with Crippen molar-refractivity contribution in [1.29, 1.82) is 5.26 Å². The van der Waals surface area contributed by atoms with E-state index in [0.29, 0.717) is 18.8 Å². The summed E-state index contributed by atoms with van der Waals surface area (Å²) >= 11 is 0. The number of aromatic nitrogens is 1. The van der Waals surface area contributed by atoms with Crippen LogP contribution in [-0.2, 0) is 17.5 Å². The predicted molar refractivity (Wildman–Crippen MR) is 128 cm³/mol. The molecule has 1 aromatic heterocycles. The van der Waals surface area contributed by atoms with Gasteiger partial charge in [0, 0.05) is 44.8 Å². The average molecular weight is 502 g/mol. The molecule has 0 aliphatic carbocycles. The summed E-state index contributed by atoms with van der Waals surface area (Å²) in [6.45, 7) is 7.00. The number of nitrogens with zero attached hydrogens (tertiary/aromatic N) is 5. The molecule has 2 aliphatic heterocycles. The molecule has 7 nitrogen and oxygen atoms in total. The number of likely N-dealkylation sites (tertiary alicyclic amines) is 1. The van der Waals surface area contributed by atoms with Gasteiger partial charge in [0.05, 0.1) is 17.4 Å². The van der Waals surface area contributed by atoms with Crippen LogP contribution in [0.15, 0.2) is 42.6 Å². The van der Waals surface area contributed by atoms with E-state index in [0.717, 1.165) is 44.7 Å². The Balaban J connectivity index is 1.33. The Bertz CT molecular complexity index is 1100. The number of piperidine rings is 1. The summed E-state index contributed by atoms with van der Waals surface area (Å²) < 4.78 is 44.9. The number of piperazine rings is 1. The molecule has 10 heteroatoms. The molecule has 0 N–H and O–H groups in total. The highest BCUT2D eigenvalue weighted by molar-refractivity contribution is 5.69. The summed E-state index contributed by atoms with van der Waals surface area (Å²) in [5, 5.41) is 9.46. The zero-order chi connectivity index (χ0) is 25.9. The molecule has 2 fully saturated rings. The standard InChI is InChI=1S/C26H30F3N5O2/c1-18-16-34(19(2)15-33(18)23-14-31-24(26(27,28)29)12-21(23)13-30)25(35)36-22-8-10-32(11-9-22)17-20-6-4-3-5-7-20/h3-7,12,14,18-19,22H,8-11,15-17H2,1-2H3/t18-,19-/m1/s1. The van der Waals surface area contributed by atoms with Crippen molar-refractivity contribution in [3.63, 3.8) is 0 Å². The van der Waals surface area contributed by atoms with Crippen LogP contribution in [0.5, 0.6) is 0 Å². The summed E-state index contributed by atoms with van der Waals surface area (Å²) in [6, 6.07) is 12.4. The smallest absolute Gasteiger partial charge is 0.433 e. The van der Waals surface area contributed by atoms with E-state index in [1.54, 1.807) is 4.90 Å². The third-order valence-electron chi connectivity index (χ3n) is 6.87. The number of carbonyl (C=O) groups excluding carboxylic acids is 1. The average Bonchev–Trinajstić information content (AvgIpc) is 2.86. The van der Waals surface area contributed by atoms with E-state index < -0.39 is 11.9 Å². The Labute approximate surface area is 209 Å². The van der Waals surface area contributed by atoms with Gasteiger partial charge < -0.3 is 14.5 Å². The zero-order valence-electron chi connectivity index (χ0n) is 20.4. The first kappa shape index (κ1) is 25.8. The topological polar surface area (TPSA) is 72.7 Å². The van der Waals surface area contributed by atoms with Crippen LogP contribution in [0.25, 0.3) is 0 Å². The second-order valence-corrected chi connectivity index (χ2v) is 9.54. The highest BCUT2D eigenvalue weighted by atomic mass is 19.4. The maximum atomic E-state index is 13.0. The normalized spacial score (nSPS) is 21.8. The van der Waals surface area contributed by atoms with E-state index in [9.17, 15) is 23.2 Å². The Hall–Kier alpha value is -3.32. The Morgan fingerprint density at radius 2 is 1.83 bits per heavy atom. The minimum absolute atomic E-state index is 0.0883. The van der Waals surface area contributed by atoms with Crippen molar-refractivity contribution in [2.75, 3.05) is 31.1 Å². The summed E-state index contributed by atoms with van der Waals surface area (Å²) in [5.74, 6) is 0. The predicted octanol–water partition coefficient (Wildman–Crippen LogP) is 4.67. The van der Waals surface area contributed by atoms with Crippen LogP contribution in [0, 0.1) is 11.3 Å². The number of hydrogen-bond donors (Lipinski definition) is 0. The molecule has 1 amide bonds. The quantitative estimate of drug-likeness (QED) is 0.606. The third kappa shape index (κ3) is 5.90. The van der Waals surface area contributed by atoms with E-state index in [1.807, 2.05) is 43.0 Å². The lowest BCUT2D eigenvalue weighted by Gasteiger charge is -2.45. The van der Waals surface area contributed by atoms with E-state index >= 15 is 0 Å². The van der Waals surface area contributed by atoms with Crippen LogP contribution < -0.4 is 4.90 Å². The lowest BCUT2D eigenvalue weighted by atomic mass is 10.1. The molecule has 0 spiro atoms. The summed E-state index contributed by atoms with van der Waals surface area (Å²) in [7, 11) is 0. The van der Waals surface area contributed by atoms with Crippen molar-refractivity contribution >= 4 is 11.8 Å². The van der Waals surface area contributed by atoms with Gasteiger partial charge in [-0.15, -0.1) is 0 Å². The largest absolute Gasteiger partial charge is 0.446 e. The van der Waals surface area contributed by atoms with Crippen molar-refractivity contribution in [3.05, 3.63) is 59.4 Å². The van der Waals surface area contributed by atoms with Crippen LogP contribution >= 0.6 is 0 Å². The van der Waals surface area contributed by atoms with Gasteiger partial charge in [-0.1, -0.05) is 30.3 Å². The lowest BCUT2D eigenvalue weighted by Crippen LogP contribution is -2.59. The Morgan fingerprint density at radius 3 is 2.47 bits per heavy atom. The van der Waals surface area contributed by atoms with Crippen molar-refractivity contribution in [2.24, 2.45) is 0 Å². The van der Waals surface area contributed by atoms with Crippen LogP contribution in [0.4, 0.5) is 23.7 Å². The van der Waals surface area contributed by atoms with E-state index in [1.165, 1.54) is 5.56 Å². The first-order chi connectivity index (χ1) is 17.2. The highest BCUT2D eigenvalue weighted by Gasteiger charge is 2.37. The molecule has 36 heavy (non-hydrogen) atoms. The molecule has 2 saturated heterocycles. The van der Waals surface area contributed by atoms with Crippen molar-refractivity contribution in [1.82, 2.24) is 14.8 Å². The monoisotopic (exact) mass is 501 g/mol. The van der Waals surface area contributed by atoms with Gasteiger partial charge >= 0.3 is 12.3 Å². The van der Waals surface area contributed by atoms with Gasteiger partial charge in [-0.3, -0.25) is 4.90 Å². The number of carbonyl (C=O) groups is 1. The fourth-order valence-corrected chi connectivity index (χ4v) is 4.88. The van der Waals surface area contributed by atoms with E-state index in [2.05, 4.69) is 22.0 Å². The second kappa shape index (κ2) is 10.7. The van der Waals surface area contributed by atoms with Gasteiger partial charge in [-0.25, -0.2) is 9.78 Å². The molecule has 2 aliphatic rings. The Morgan fingerprint density at radius 1 is 1.14 bits per heavy atom. The molecule has 0 radical (unpaired) electrons. The summed E-state index contributed by atoms with van der Waals surface area (Å²) in [4.78, 5) is 22.4. The van der Waals surface area contributed by atoms with Gasteiger partial charge in [-0.05, 0) is 38.3 Å². The number of alkyl halides is 3. The van der Waals surface area contributed by atoms with E-state index in [4.69, 9.17) is 4.74 Å². The number of ether oxygens (including phenoxy) is 1. The maximum absolute atomic E-state index is 13.0. The summed E-state index contributed by atoms with van der Waals surface area (Å²) in [6.07, 6.45) is -2.50.